The molecule has 1 fully saturated rings. The van der Waals surface area contributed by atoms with Crippen LogP contribution in [0.25, 0.3) is 6.08 Å². The molecule has 0 bridgehead atoms. The molecule has 1 heterocycles. The molecule has 0 atom stereocenters. The number of hydrogen-bond donors (Lipinski definition) is 1. The van der Waals surface area contributed by atoms with Gasteiger partial charge in [-0.3, -0.25) is 9.69 Å². The fourth-order valence-electron chi connectivity index (χ4n) is 2.53. The van der Waals surface area contributed by atoms with E-state index < -0.39 is 6.03 Å². The molecule has 0 unspecified atom stereocenters. The van der Waals surface area contributed by atoms with E-state index >= 15 is 0 Å². The average Bonchev–Trinajstić information content (AvgIpc) is 2.84. The van der Waals surface area contributed by atoms with Gasteiger partial charge in [-0.05, 0) is 36.3 Å². The predicted molar refractivity (Wildman–Crippen MR) is 96.2 cm³/mol. The van der Waals surface area contributed by atoms with Crippen LogP contribution in [0.1, 0.15) is 16.7 Å². The van der Waals surface area contributed by atoms with E-state index in [1.807, 2.05) is 31.2 Å². The number of halogens is 1. The zero-order valence-electron chi connectivity index (χ0n) is 13.9. The van der Waals surface area contributed by atoms with Crippen molar-refractivity contribution in [1.29, 1.82) is 0 Å². The van der Waals surface area contributed by atoms with Crippen LogP contribution in [0.5, 0.6) is 5.75 Å². The summed E-state index contributed by atoms with van der Waals surface area (Å²) >= 11 is 6.09. The summed E-state index contributed by atoms with van der Waals surface area (Å²) < 4.78 is 5.10. The van der Waals surface area contributed by atoms with Crippen LogP contribution < -0.4 is 10.1 Å². The third-order valence-electron chi connectivity index (χ3n) is 3.91. The SMILES string of the molecule is COc1ccc(/C=C2/NC(=O)N(Cc3ccc(C)cc3)C2=O)cc1Cl. The quantitative estimate of drug-likeness (QED) is 0.670. The first kappa shape index (κ1) is 17.0. The largest absolute Gasteiger partial charge is 0.495 e. The van der Waals surface area contributed by atoms with Crippen LogP contribution in [0.3, 0.4) is 0 Å². The molecule has 6 heteroatoms. The molecule has 3 rings (SSSR count). The van der Waals surface area contributed by atoms with Crippen LogP contribution >= 0.6 is 11.6 Å². The second-order valence-electron chi connectivity index (χ2n) is 5.76. The first-order valence-corrected chi connectivity index (χ1v) is 8.09. The number of benzene rings is 2. The molecule has 0 spiro atoms. The summed E-state index contributed by atoms with van der Waals surface area (Å²) in [5.74, 6) is 0.184. The van der Waals surface area contributed by atoms with Gasteiger partial charge in [0.1, 0.15) is 11.4 Å². The maximum atomic E-state index is 12.5. The van der Waals surface area contributed by atoms with Gasteiger partial charge in [-0.1, -0.05) is 47.5 Å². The van der Waals surface area contributed by atoms with Crippen LogP contribution in [0.2, 0.25) is 5.02 Å². The Bertz CT molecular complexity index is 859. The number of nitrogens with zero attached hydrogens (tertiary/aromatic N) is 1. The fraction of sp³-hybridized carbons (Fsp3) is 0.158. The van der Waals surface area contributed by atoms with Gasteiger partial charge in [0, 0.05) is 0 Å². The monoisotopic (exact) mass is 356 g/mol. The molecule has 1 saturated heterocycles. The number of carbonyl (C=O) groups is 2. The number of hydrogen-bond acceptors (Lipinski definition) is 3. The van der Waals surface area contributed by atoms with Gasteiger partial charge in [-0.25, -0.2) is 4.79 Å². The van der Waals surface area contributed by atoms with Gasteiger partial charge >= 0.3 is 6.03 Å². The van der Waals surface area contributed by atoms with Gasteiger partial charge in [-0.2, -0.15) is 0 Å². The van der Waals surface area contributed by atoms with Crippen LogP contribution in [-0.4, -0.2) is 23.9 Å². The number of urea groups is 1. The first-order valence-electron chi connectivity index (χ1n) is 7.71. The van der Waals surface area contributed by atoms with Gasteiger partial charge < -0.3 is 10.1 Å². The highest BCUT2D eigenvalue weighted by Gasteiger charge is 2.33. The molecule has 3 amide bonds. The number of carbonyl (C=O) groups excluding carboxylic acids is 2. The molecule has 0 saturated carbocycles. The summed E-state index contributed by atoms with van der Waals surface area (Å²) in [4.78, 5) is 25.8. The molecule has 1 N–H and O–H groups in total. The van der Waals surface area contributed by atoms with E-state index in [9.17, 15) is 9.59 Å². The zero-order chi connectivity index (χ0) is 18.0. The number of ether oxygens (including phenoxy) is 1. The average molecular weight is 357 g/mol. The first-order chi connectivity index (χ1) is 12.0. The van der Waals surface area contributed by atoms with Gasteiger partial charge in [0.15, 0.2) is 0 Å². The Kier molecular flexibility index (Phi) is 4.76. The summed E-state index contributed by atoms with van der Waals surface area (Å²) in [6.07, 6.45) is 1.60. The minimum absolute atomic E-state index is 0.221. The van der Waals surface area contributed by atoms with E-state index in [4.69, 9.17) is 16.3 Å². The van der Waals surface area contributed by atoms with E-state index in [-0.39, 0.29) is 18.1 Å². The number of aryl methyl sites for hydroxylation is 1. The lowest BCUT2D eigenvalue weighted by Crippen LogP contribution is -2.30. The molecule has 0 radical (unpaired) electrons. The van der Waals surface area contributed by atoms with Crippen LogP contribution in [0.15, 0.2) is 48.2 Å². The molecule has 128 valence electrons. The summed E-state index contributed by atoms with van der Waals surface area (Å²) in [6, 6.07) is 12.4. The highest BCUT2D eigenvalue weighted by atomic mass is 35.5. The van der Waals surface area contributed by atoms with Crippen molar-refractivity contribution in [2.45, 2.75) is 13.5 Å². The highest BCUT2D eigenvalue weighted by molar-refractivity contribution is 6.32. The highest BCUT2D eigenvalue weighted by Crippen LogP contribution is 2.26. The number of amides is 3. The lowest BCUT2D eigenvalue weighted by molar-refractivity contribution is -0.123. The van der Waals surface area contributed by atoms with E-state index in [1.54, 1.807) is 24.3 Å². The molecule has 2 aromatic rings. The fourth-order valence-corrected chi connectivity index (χ4v) is 2.80. The third-order valence-corrected chi connectivity index (χ3v) is 4.21. The number of methoxy groups -OCH3 is 1. The maximum absolute atomic E-state index is 12.5. The van der Waals surface area contributed by atoms with Crippen molar-refractivity contribution in [1.82, 2.24) is 10.2 Å². The third kappa shape index (κ3) is 3.67. The molecule has 0 aromatic heterocycles. The van der Waals surface area contributed by atoms with Crippen molar-refractivity contribution in [3.05, 3.63) is 69.9 Å². The standard InChI is InChI=1S/C19H17ClN2O3/c1-12-3-5-13(6-4-12)11-22-18(23)16(21-19(22)24)10-14-7-8-17(25-2)15(20)9-14/h3-10H,11H2,1-2H3,(H,21,24)/b16-10+. The molecule has 1 aliphatic rings. The molecular formula is C19H17ClN2O3. The molecule has 5 nitrogen and oxygen atoms in total. The molecule has 2 aromatic carbocycles. The summed E-state index contributed by atoms with van der Waals surface area (Å²) in [5.41, 5.74) is 2.94. The lowest BCUT2D eigenvalue weighted by Gasteiger charge is -2.11. The van der Waals surface area contributed by atoms with Gasteiger partial charge in [0.05, 0.1) is 18.7 Å². The van der Waals surface area contributed by atoms with Gasteiger partial charge in [0.25, 0.3) is 5.91 Å². The number of nitrogens with one attached hydrogen (secondary N) is 1. The van der Waals surface area contributed by atoms with E-state index in [1.165, 1.54) is 12.0 Å². The van der Waals surface area contributed by atoms with E-state index in [0.717, 1.165) is 11.1 Å². The summed E-state index contributed by atoms with van der Waals surface area (Å²) in [7, 11) is 1.53. The van der Waals surface area contributed by atoms with Gasteiger partial charge in [0.2, 0.25) is 0 Å². The Hall–Kier alpha value is -2.79. The van der Waals surface area contributed by atoms with Crippen molar-refractivity contribution >= 4 is 29.6 Å². The Morgan fingerprint density at radius 2 is 1.88 bits per heavy atom. The van der Waals surface area contributed by atoms with Gasteiger partial charge in [-0.15, -0.1) is 0 Å². The minimum Gasteiger partial charge on any atom is -0.495 e. The van der Waals surface area contributed by atoms with E-state index in [0.29, 0.717) is 16.3 Å². The number of imide groups is 1. The Morgan fingerprint density at radius 3 is 2.52 bits per heavy atom. The topological polar surface area (TPSA) is 58.6 Å². The molecule has 1 aliphatic heterocycles. The second-order valence-corrected chi connectivity index (χ2v) is 6.17. The molecular weight excluding hydrogens is 340 g/mol. The maximum Gasteiger partial charge on any atom is 0.329 e. The summed E-state index contributed by atoms with van der Waals surface area (Å²) in [6.45, 7) is 2.21. The molecule has 0 aliphatic carbocycles. The van der Waals surface area contributed by atoms with Crippen molar-refractivity contribution in [2.75, 3.05) is 7.11 Å². The Balaban J connectivity index is 1.80. The van der Waals surface area contributed by atoms with Crippen molar-refractivity contribution in [3.63, 3.8) is 0 Å². The normalized spacial score (nSPS) is 15.6. The Labute approximate surface area is 150 Å². The number of rotatable bonds is 4. The van der Waals surface area contributed by atoms with Crippen molar-refractivity contribution in [3.8, 4) is 5.75 Å². The molecule has 25 heavy (non-hydrogen) atoms. The minimum atomic E-state index is -0.434. The van der Waals surface area contributed by atoms with Crippen LogP contribution in [-0.2, 0) is 11.3 Å². The van der Waals surface area contributed by atoms with Crippen LogP contribution in [0, 0.1) is 6.92 Å². The second kappa shape index (κ2) is 6.99. The lowest BCUT2D eigenvalue weighted by atomic mass is 10.1. The van der Waals surface area contributed by atoms with Crippen molar-refractivity contribution < 1.29 is 14.3 Å². The van der Waals surface area contributed by atoms with Crippen molar-refractivity contribution in [2.24, 2.45) is 0 Å². The van der Waals surface area contributed by atoms with E-state index in [2.05, 4.69) is 5.32 Å². The smallest absolute Gasteiger partial charge is 0.329 e. The Morgan fingerprint density at radius 1 is 1.16 bits per heavy atom. The summed E-state index contributed by atoms with van der Waals surface area (Å²) in [5, 5.41) is 3.04. The predicted octanol–water partition coefficient (Wildman–Crippen LogP) is 3.75. The van der Waals surface area contributed by atoms with Crippen LogP contribution in [0.4, 0.5) is 4.79 Å². The zero-order valence-corrected chi connectivity index (χ0v) is 14.6.